The van der Waals surface area contributed by atoms with E-state index in [0.29, 0.717) is 25.9 Å². The zero-order chi connectivity index (χ0) is 57.1. The molecule has 6 heteroatoms. The summed E-state index contributed by atoms with van der Waals surface area (Å²) in [6.45, 7) is 5.01. The summed E-state index contributed by atoms with van der Waals surface area (Å²) in [5.41, 5.74) is 0. The fraction of sp³-hybridized carbons (Fsp3) is 0.973. The van der Waals surface area contributed by atoms with Crippen LogP contribution in [0.4, 0.5) is 0 Å². The van der Waals surface area contributed by atoms with E-state index in [2.05, 4.69) is 19.2 Å². The molecule has 0 aromatic heterocycles. The molecule has 0 aliphatic heterocycles. The Balaban J connectivity index is 3.31. The molecule has 2 unspecified atom stereocenters. The third-order valence-corrected chi connectivity index (χ3v) is 17.7. The van der Waals surface area contributed by atoms with Crippen LogP contribution in [0.15, 0.2) is 0 Å². The zero-order valence-corrected chi connectivity index (χ0v) is 54.2. The number of hydrogen-bond donors (Lipinski definition) is 3. The maximum Gasteiger partial charge on any atom is 0.305 e. The SMILES string of the molecule is CCCCCCCCCCCCCCCCCCCC(O)C(CO)NC(=O)CCCCCCCCCCCCCCCCCCCCCCCCCCCCCCCCOC(=O)CCCCCCCCCCCCCCCCC. The van der Waals surface area contributed by atoms with E-state index in [0.717, 1.165) is 38.5 Å². The van der Waals surface area contributed by atoms with Gasteiger partial charge in [0, 0.05) is 12.8 Å². The Morgan fingerprint density at radius 1 is 0.304 bits per heavy atom. The van der Waals surface area contributed by atoms with Gasteiger partial charge in [-0.05, 0) is 25.7 Å². The molecule has 3 N–H and O–H groups in total. The predicted molar refractivity (Wildman–Crippen MR) is 347 cm³/mol. The normalized spacial score (nSPS) is 12.4. The number of amides is 1. The summed E-state index contributed by atoms with van der Waals surface area (Å²) in [6.07, 6.45) is 84.5. The number of aliphatic hydroxyl groups is 2. The molecule has 0 saturated heterocycles. The van der Waals surface area contributed by atoms with Gasteiger partial charge >= 0.3 is 5.97 Å². The van der Waals surface area contributed by atoms with Crippen molar-refractivity contribution >= 4 is 11.9 Å². The van der Waals surface area contributed by atoms with Crippen LogP contribution in [-0.4, -0.2) is 47.4 Å². The summed E-state index contributed by atoms with van der Waals surface area (Å²) < 4.78 is 5.50. The zero-order valence-electron chi connectivity index (χ0n) is 54.2. The van der Waals surface area contributed by atoms with Crippen LogP contribution in [-0.2, 0) is 14.3 Å². The number of aliphatic hydroxyl groups excluding tert-OH is 2. The molecule has 0 fully saturated rings. The van der Waals surface area contributed by atoms with Gasteiger partial charge in [-0.25, -0.2) is 0 Å². The summed E-state index contributed by atoms with van der Waals surface area (Å²) >= 11 is 0. The lowest BCUT2D eigenvalue weighted by Gasteiger charge is -2.22. The van der Waals surface area contributed by atoms with E-state index in [4.69, 9.17) is 4.74 Å². The number of carbonyl (C=O) groups excluding carboxylic acids is 2. The third kappa shape index (κ3) is 65.9. The first-order valence-electron chi connectivity index (χ1n) is 36.8. The predicted octanol–water partition coefficient (Wildman–Crippen LogP) is 23.8. The number of ether oxygens (including phenoxy) is 1. The standard InChI is InChI=1S/C73H145NO5/c1-3-5-7-9-11-13-15-17-19-34-38-41-45-49-53-57-61-65-71(76)70(69-75)74-72(77)66-62-58-54-50-46-42-39-35-32-30-28-26-24-22-20-21-23-25-27-29-31-33-36-40-44-48-52-56-60-64-68-79-73(78)67-63-59-55-51-47-43-37-18-16-14-12-10-8-6-4-2/h70-71,75-76H,3-69H2,1-2H3,(H,74,77). The Kier molecular flexibility index (Phi) is 68.4. The van der Waals surface area contributed by atoms with Crippen LogP contribution in [0, 0.1) is 0 Å². The van der Waals surface area contributed by atoms with E-state index < -0.39 is 12.1 Å². The highest BCUT2D eigenvalue weighted by atomic mass is 16.5. The highest BCUT2D eigenvalue weighted by Crippen LogP contribution is 2.20. The van der Waals surface area contributed by atoms with Crippen LogP contribution in [0.2, 0.25) is 0 Å². The molecule has 0 spiro atoms. The summed E-state index contributed by atoms with van der Waals surface area (Å²) in [5, 5.41) is 23.4. The number of hydrogen-bond acceptors (Lipinski definition) is 5. The van der Waals surface area contributed by atoms with E-state index in [9.17, 15) is 19.8 Å². The van der Waals surface area contributed by atoms with Gasteiger partial charge in [-0.1, -0.05) is 393 Å². The lowest BCUT2D eigenvalue weighted by molar-refractivity contribution is -0.143. The van der Waals surface area contributed by atoms with Crippen LogP contribution in [0.5, 0.6) is 0 Å². The van der Waals surface area contributed by atoms with Gasteiger partial charge in [-0.2, -0.15) is 0 Å². The minimum absolute atomic E-state index is 0.0243. The van der Waals surface area contributed by atoms with Crippen LogP contribution in [0.3, 0.4) is 0 Å². The van der Waals surface area contributed by atoms with Crippen LogP contribution in [0.25, 0.3) is 0 Å². The van der Waals surface area contributed by atoms with Crippen molar-refractivity contribution in [3.05, 3.63) is 0 Å². The van der Waals surface area contributed by atoms with E-state index in [-0.39, 0.29) is 18.5 Å². The fourth-order valence-corrected chi connectivity index (χ4v) is 12.1. The van der Waals surface area contributed by atoms with Gasteiger partial charge in [-0.15, -0.1) is 0 Å². The first-order chi connectivity index (χ1) is 39.0. The Morgan fingerprint density at radius 2 is 0.519 bits per heavy atom. The number of carbonyl (C=O) groups is 2. The van der Waals surface area contributed by atoms with Crippen LogP contribution >= 0.6 is 0 Å². The topological polar surface area (TPSA) is 95.9 Å². The number of unbranched alkanes of at least 4 members (excludes halogenated alkanes) is 59. The monoisotopic (exact) mass is 1120 g/mol. The molecular formula is C73H145NO5. The second kappa shape index (κ2) is 69.4. The highest BCUT2D eigenvalue weighted by molar-refractivity contribution is 5.76. The van der Waals surface area contributed by atoms with Crippen molar-refractivity contribution in [1.29, 1.82) is 0 Å². The summed E-state index contributed by atoms with van der Waals surface area (Å²) in [5.74, 6) is -0.00204. The third-order valence-electron chi connectivity index (χ3n) is 17.7. The molecule has 79 heavy (non-hydrogen) atoms. The summed E-state index contributed by atoms with van der Waals surface area (Å²) in [6, 6.07) is -0.537. The minimum Gasteiger partial charge on any atom is -0.466 e. The molecule has 0 aliphatic rings. The van der Waals surface area contributed by atoms with Gasteiger partial charge in [0.05, 0.1) is 25.4 Å². The Labute approximate surface area is 496 Å². The second-order valence-electron chi connectivity index (χ2n) is 25.6. The lowest BCUT2D eigenvalue weighted by Crippen LogP contribution is -2.45. The van der Waals surface area contributed by atoms with Gasteiger partial charge < -0.3 is 20.3 Å². The van der Waals surface area contributed by atoms with Gasteiger partial charge in [-0.3, -0.25) is 9.59 Å². The van der Waals surface area contributed by atoms with Crippen molar-refractivity contribution in [3.63, 3.8) is 0 Å². The van der Waals surface area contributed by atoms with Gasteiger partial charge in [0.2, 0.25) is 5.91 Å². The molecule has 1 amide bonds. The Bertz CT molecular complexity index is 1150. The van der Waals surface area contributed by atoms with E-state index in [1.165, 1.54) is 360 Å². The molecule has 2 atom stereocenters. The van der Waals surface area contributed by atoms with Gasteiger partial charge in [0.25, 0.3) is 0 Å². The molecular weight excluding hydrogens is 971 g/mol. The van der Waals surface area contributed by atoms with E-state index in [1.54, 1.807) is 0 Å². The molecule has 0 radical (unpaired) electrons. The highest BCUT2D eigenvalue weighted by Gasteiger charge is 2.20. The van der Waals surface area contributed by atoms with Crippen molar-refractivity contribution in [3.8, 4) is 0 Å². The van der Waals surface area contributed by atoms with Gasteiger partial charge in [0.15, 0.2) is 0 Å². The molecule has 472 valence electrons. The Morgan fingerprint density at radius 3 is 0.772 bits per heavy atom. The summed E-state index contributed by atoms with van der Waals surface area (Å²) in [4.78, 5) is 24.6. The van der Waals surface area contributed by atoms with Crippen LogP contribution < -0.4 is 5.32 Å². The van der Waals surface area contributed by atoms with Crippen molar-refractivity contribution < 1.29 is 24.5 Å². The summed E-state index contributed by atoms with van der Waals surface area (Å²) in [7, 11) is 0. The lowest BCUT2D eigenvalue weighted by atomic mass is 10.0. The maximum atomic E-state index is 12.5. The molecule has 0 aromatic carbocycles. The fourth-order valence-electron chi connectivity index (χ4n) is 12.1. The van der Waals surface area contributed by atoms with Gasteiger partial charge in [0.1, 0.15) is 0 Å². The van der Waals surface area contributed by atoms with Crippen molar-refractivity contribution in [2.75, 3.05) is 13.2 Å². The van der Waals surface area contributed by atoms with Crippen LogP contribution in [0.1, 0.15) is 431 Å². The average molecular weight is 1120 g/mol. The molecule has 0 aliphatic carbocycles. The first kappa shape index (κ1) is 77.9. The molecule has 0 bridgehead atoms. The smallest absolute Gasteiger partial charge is 0.305 e. The molecule has 0 saturated carbocycles. The Hall–Kier alpha value is -1.14. The average Bonchev–Trinajstić information content (AvgIpc) is 3.45. The molecule has 6 nitrogen and oxygen atoms in total. The second-order valence-corrected chi connectivity index (χ2v) is 25.6. The first-order valence-corrected chi connectivity index (χ1v) is 36.8. The molecule has 0 rings (SSSR count). The minimum atomic E-state index is -0.661. The number of nitrogens with one attached hydrogen (secondary N) is 1. The maximum absolute atomic E-state index is 12.5. The van der Waals surface area contributed by atoms with Crippen molar-refractivity contribution in [2.45, 2.75) is 443 Å². The van der Waals surface area contributed by atoms with Crippen molar-refractivity contribution in [1.82, 2.24) is 5.32 Å². The molecule has 0 heterocycles. The number of rotatable bonds is 70. The van der Waals surface area contributed by atoms with E-state index >= 15 is 0 Å². The largest absolute Gasteiger partial charge is 0.466 e. The number of esters is 1. The van der Waals surface area contributed by atoms with E-state index in [1.807, 2.05) is 0 Å². The molecule has 0 aromatic rings. The quantitative estimate of drug-likeness (QED) is 0.0417. The van der Waals surface area contributed by atoms with Crippen molar-refractivity contribution in [2.24, 2.45) is 0 Å².